The molecule has 0 aliphatic carbocycles. The predicted octanol–water partition coefficient (Wildman–Crippen LogP) is 2.96. The van der Waals surface area contributed by atoms with E-state index >= 15 is 0 Å². The fourth-order valence-corrected chi connectivity index (χ4v) is 4.37. The van der Waals surface area contributed by atoms with Gasteiger partial charge in [-0.2, -0.15) is 15.2 Å². The van der Waals surface area contributed by atoms with Gasteiger partial charge >= 0.3 is 0 Å². The Hall–Kier alpha value is -3.73. The minimum absolute atomic E-state index is 0.0211. The van der Waals surface area contributed by atoms with Gasteiger partial charge in [0.1, 0.15) is 4.90 Å². The molecule has 172 valence electrons. The van der Waals surface area contributed by atoms with Crippen molar-refractivity contribution in [2.24, 2.45) is 7.05 Å². The predicted molar refractivity (Wildman–Crippen MR) is 123 cm³/mol. The average Bonchev–Trinajstić information content (AvgIpc) is 3.43. The van der Waals surface area contributed by atoms with Crippen LogP contribution in [0.3, 0.4) is 0 Å². The number of hydrogen-bond donors (Lipinski definition) is 1. The monoisotopic (exact) mass is 467 g/mol. The Bertz CT molecular complexity index is 1330. The molecule has 0 bridgehead atoms. The molecular formula is C22H25N7O3S. The second-order valence-electron chi connectivity index (χ2n) is 7.61. The third-order valence-electron chi connectivity index (χ3n) is 5.00. The van der Waals surface area contributed by atoms with Crippen LogP contribution in [0.5, 0.6) is 5.88 Å². The van der Waals surface area contributed by atoms with Crippen LogP contribution in [0.1, 0.15) is 17.5 Å². The normalized spacial score (nSPS) is 11.5. The summed E-state index contributed by atoms with van der Waals surface area (Å²) in [6.45, 7) is 5.04. The number of rotatable bonds is 9. The van der Waals surface area contributed by atoms with Crippen molar-refractivity contribution in [3.05, 3.63) is 66.2 Å². The second-order valence-corrected chi connectivity index (χ2v) is 9.29. The summed E-state index contributed by atoms with van der Waals surface area (Å²) in [7, 11) is -2.26. The van der Waals surface area contributed by atoms with E-state index in [-0.39, 0.29) is 16.7 Å². The standard InChI is InChI=1S/C22H25N7O3S/c1-16-7-4-8-17(2)21(16)19-13-20(32-12-6-11-29-10-5-9-23-29)26-22(25-19)27-33(30,31)18-14-24-28(3)15-18/h4-5,7-10,13-15H,6,11-12H2,1-3H3,(H,25,26,27). The first-order valence-corrected chi connectivity index (χ1v) is 11.9. The van der Waals surface area contributed by atoms with Crippen molar-refractivity contribution in [3.8, 4) is 17.1 Å². The molecular weight excluding hydrogens is 442 g/mol. The van der Waals surface area contributed by atoms with Crippen molar-refractivity contribution in [3.63, 3.8) is 0 Å². The molecule has 0 saturated heterocycles. The van der Waals surface area contributed by atoms with Gasteiger partial charge in [0.15, 0.2) is 0 Å². The molecule has 0 saturated carbocycles. The van der Waals surface area contributed by atoms with E-state index in [4.69, 9.17) is 4.74 Å². The van der Waals surface area contributed by atoms with Crippen molar-refractivity contribution in [2.75, 3.05) is 11.3 Å². The van der Waals surface area contributed by atoms with E-state index < -0.39 is 10.0 Å². The quantitative estimate of drug-likeness (QED) is 0.376. The van der Waals surface area contributed by atoms with Crippen molar-refractivity contribution in [2.45, 2.75) is 31.7 Å². The number of aromatic nitrogens is 6. The summed E-state index contributed by atoms with van der Waals surface area (Å²) in [6, 6.07) is 9.52. The number of aryl methyl sites for hydroxylation is 4. The molecule has 3 heterocycles. The molecule has 0 amide bonds. The largest absolute Gasteiger partial charge is 0.477 e. The van der Waals surface area contributed by atoms with Crippen molar-refractivity contribution in [1.82, 2.24) is 29.5 Å². The maximum Gasteiger partial charge on any atom is 0.267 e. The van der Waals surface area contributed by atoms with Crippen LogP contribution in [0.4, 0.5) is 5.95 Å². The van der Waals surface area contributed by atoms with Crippen molar-refractivity contribution < 1.29 is 13.2 Å². The molecule has 3 aromatic heterocycles. The summed E-state index contributed by atoms with van der Waals surface area (Å²) < 4.78 is 37.2. The van der Waals surface area contributed by atoms with Crippen LogP contribution in [0.25, 0.3) is 11.3 Å². The molecule has 1 N–H and O–H groups in total. The molecule has 33 heavy (non-hydrogen) atoms. The Morgan fingerprint density at radius 2 is 1.88 bits per heavy atom. The van der Waals surface area contributed by atoms with E-state index in [9.17, 15) is 8.42 Å². The van der Waals surface area contributed by atoms with E-state index in [0.717, 1.165) is 16.7 Å². The number of hydrogen-bond acceptors (Lipinski definition) is 7. The Morgan fingerprint density at radius 1 is 1.09 bits per heavy atom. The summed E-state index contributed by atoms with van der Waals surface area (Å²) in [4.78, 5) is 8.81. The SMILES string of the molecule is Cc1cccc(C)c1-c1cc(OCCCn2cccn2)nc(NS(=O)(=O)c2cnn(C)c2)n1. The maximum absolute atomic E-state index is 12.8. The van der Waals surface area contributed by atoms with Gasteiger partial charge in [-0.25, -0.2) is 18.1 Å². The Morgan fingerprint density at radius 3 is 2.55 bits per heavy atom. The molecule has 0 spiro atoms. The zero-order valence-corrected chi connectivity index (χ0v) is 19.5. The van der Waals surface area contributed by atoms with Crippen molar-refractivity contribution in [1.29, 1.82) is 0 Å². The highest BCUT2D eigenvalue weighted by Crippen LogP contribution is 2.29. The van der Waals surface area contributed by atoms with Crippen LogP contribution < -0.4 is 9.46 Å². The number of sulfonamides is 1. The Balaban J connectivity index is 1.62. The zero-order chi connectivity index (χ0) is 23.4. The van der Waals surface area contributed by atoms with E-state index in [0.29, 0.717) is 25.3 Å². The summed E-state index contributed by atoms with van der Waals surface area (Å²) >= 11 is 0. The first kappa shape index (κ1) is 22.5. The molecule has 0 radical (unpaired) electrons. The number of anilines is 1. The number of benzene rings is 1. The maximum atomic E-state index is 12.8. The molecule has 11 heteroatoms. The molecule has 0 fully saturated rings. The topological polar surface area (TPSA) is 117 Å². The summed E-state index contributed by atoms with van der Waals surface area (Å²) in [5.41, 5.74) is 3.51. The molecule has 0 unspecified atom stereocenters. The lowest BCUT2D eigenvalue weighted by Gasteiger charge is -2.13. The van der Waals surface area contributed by atoms with Crippen LogP contribution >= 0.6 is 0 Å². The van der Waals surface area contributed by atoms with Gasteiger partial charge in [0.25, 0.3) is 10.0 Å². The fraction of sp³-hybridized carbons (Fsp3) is 0.273. The van der Waals surface area contributed by atoms with Gasteiger partial charge in [0.05, 0.1) is 18.5 Å². The smallest absolute Gasteiger partial charge is 0.267 e. The molecule has 0 atom stereocenters. The second kappa shape index (κ2) is 9.41. The number of nitrogens with zero attached hydrogens (tertiary/aromatic N) is 6. The first-order chi connectivity index (χ1) is 15.8. The van der Waals surface area contributed by atoms with Gasteiger partial charge in [-0.3, -0.25) is 9.36 Å². The third kappa shape index (κ3) is 5.37. The van der Waals surface area contributed by atoms with Gasteiger partial charge in [0, 0.05) is 50.2 Å². The molecule has 1 aromatic carbocycles. The van der Waals surface area contributed by atoms with Gasteiger partial charge < -0.3 is 4.74 Å². The lowest BCUT2D eigenvalue weighted by Crippen LogP contribution is -2.15. The Kier molecular flexibility index (Phi) is 6.40. The van der Waals surface area contributed by atoms with Gasteiger partial charge in [-0.15, -0.1) is 0 Å². The molecule has 4 aromatic rings. The molecule has 10 nitrogen and oxygen atoms in total. The van der Waals surface area contributed by atoms with Crippen molar-refractivity contribution >= 4 is 16.0 Å². The number of nitrogens with one attached hydrogen (secondary N) is 1. The third-order valence-corrected chi connectivity index (χ3v) is 6.28. The zero-order valence-electron chi connectivity index (χ0n) is 18.6. The van der Waals surface area contributed by atoms with E-state index in [1.54, 1.807) is 19.3 Å². The highest BCUT2D eigenvalue weighted by atomic mass is 32.2. The molecule has 0 aliphatic rings. The van der Waals surface area contributed by atoms with Crippen LogP contribution in [0, 0.1) is 13.8 Å². The Labute approximate surface area is 192 Å². The average molecular weight is 468 g/mol. The van der Waals surface area contributed by atoms with Gasteiger partial charge in [-0.05, 0) is 31.0 Å². The fourth-order valence-electron chi connectivity index (χ4n) is 3.44. The van der Waals surface area contributed by atoms with Crippen LogP contribution in [-0.2, 0) is 23.6 Å². The summed E-state index contributed by atoms with van der Waals surface area (Å²) in [5.74, 6) is 0.216. The highest BCUT2D eigenvalue weighted by Gasteiger charge is 2.20. The highest BCUT2D eigenvalue weighted by molar-refractivity contribution is 7.92. The lowest BCUT2D eigenvalue weighted by atomic mass is 10.00. The van der Waals surface area contributed by atoms with E-state index in [2.05, 4.69) is 24.9 Å². The van der Waals surface area contributed by atoms with Crippen LogP contribution in [-0.4, -0.2) is 44.6 Å². The van der Waals surface area contributed by atoms with E-state index in [1.165, 1.54) is 17.1 Å². The minimum Gasteiger partial charge on any atom is -0.477 e. The van der Waals surface area contributed by atoms with E-state index in [1.807, 2.05) is 49.0 Å². The number of ether oxygens (including phenoxy) is 1. The van der Waals surface area contributed by atoms with Gasteiger partial charge in [-0.1, -0.05) is 18.2 Å². The van der Waals surface area contributed by atoms with Crippen LogP contribution in [0.15, 0.2) is 60.0 Å². The summed E-state index contributed by atoms with van der Waals surface area (Å²) in [6.07, 6.45) is 6.99. The first-order valence-electron chi connectivity index (χ1n) is 10.4. The lowest BCUT2D eigenvalue weighted by molar-refractivity contribution is 0.288. The molecule has 0 aliphatic heterocycles. The molecule has 4 rings (SSSR count). The minimum atomic E-state index is -3.91. The summed E-state index contributed by atoms with van der Waals surface area (Å²) in [5, 5.41) is 8.10. The van der Waals surface area contributed by atoms with Gasteiger partial charge in [0.2, 0.25) is 11.8 Å². The van der Waals surface area contributed by atoms with Crippen LogP contribution in [0.2, 0.25) is 0 Å².